The normalized spacial score (nSPS) is 11.6. The molecule has 0 radical (unpaired) electrons. The molecular formula is C30H24N2S2. The first-order valence-corrected chi connectivity index (χ1v) is 12.8. The summed E-state index contributed by atoms with van der Waals surface area (Å²) in [6, 6.07) is 25.6. The van der Waals surface area contributed by atoms with Gasteiger partial charge >= 0.3 is 0 Å². The number of aryl methyl sites for hydroxylation is 2. The quantitative estimate of drug-likeness (QED) is 0.244. The highest BCUT2D eigenvalue weighted by atomic mass is 32.1. The third kappa shape index (κ3) is 5.48. The molecule has 5 rings (SSSR count). The van der Waals surface area contributed by atoms with Crippen molar-refractivity contribution in [3.8, 4) is 21.1 Å². The average molecular weight is 477 g/mol. The monoisotopic (exact) mass is 476 g/mol. The molecular weight excluding hydrogens is 452 g/mol. The lowest BCUT2D eigenvalue weighted by Gasteiger charge is -1.99. The van der Waals surface area contributed by atoms with Crippen molar-refractivity contribution in [3.05, 3.63) is 117 Å². The van der Waals surface area contributed by atoms with Gasteiger partial charge < -0.3 is 0 Å². The zero-order chi connectivity index (χ0) is 23.3. The first-order chi connectivity index (χ1) is 16.6. The Kier molecular flexibility index (Phi) is 6.61. The second-order valence-electron chi connectivity index (χ2n) is 8.18. The minimum Gasteiger partial charge on any atom is -0.251 e. The predicted octanol–water partition coefficient (Wildman–Crippen LogP) is 8.89. The summed E-state index contributed by atoms with van der Waals surface area (Å²) < 4.78 is 0. The fourth-order valence-electron chi connectivity index (χ4n) is 3.45. The molecule has 0 atom stereocenters. The van der Waals surface area contributed by atoms with Crippen molar-refractivity contribution in [2.75, 3.05) is 0 Å². The van der Waals surface area contributed by atoms with Gasteiger partial charge in [-0.15, -0.1) is 22.7 Å². The van der Waals surface area contributed by atoms with E-state index in [1.807, 2.05) is 12.4 Å². The molecule has 0 saturated carbocycles. The van der Waals surface area contributed by atoms with Crippen molar-refractivity contribution < 1.29 is 0 Å². The third-order valence-corrected chi connectivity index (χ3v) is 7.59. The van der Waals surface area contributed by atoms with Crippen LogP contribution in [-0.2, 0) is 0 Å². The number of thiophene rings is 2. The van der Waals surface area contributed by atoms with Crippen LogP contribution in [0.4, 0.5) is 0 Å². The Labute approximate surface area is 208 Å². The fourth-order valence-corrected chi connectivity index (χ4v) is 5.20. The van der Waals surface area contributed by atoms with Crippen molar-refractivity contribution in [3.63, 3.8) is 0 Å². The summed E-state index contributed by atoms with van der Waals surface area (Å²) in [5.74, 6) is 0. The summed E-state index contributed by atoms with van der Waals surface area (Å²) >= 11 is 3.45. The minimum absolute atomic E-state index is 0.903. The van der Waals surface area contributed by atoms with Crippen LogP contribution in [-0.4, -0.2) is 9.97 Å². The van der Waals surface area contributed by atoms with Crippen LogP contribution >= 0.6 is 22.7 Å². The zero-order valence-corrected chi connectivity index (χ0v) is 20.7. The van der Waals surface area contributed by atoms with E-state index in [1.54, 1.807) is 22.7 Å². The van der Waals surface area contributed by atoms with Gasteiger partial charge in [0.25, 0.3) is 0 Å². The van der Waals surface area contributed by atoms with E-state index >= 15 is 0 Å². The number of nitrogens with zero attached hydrogens (tertiary/aromatic N) is 2. The Morgan fingerprint density at radius 3 is 1.29 bits per heavy atom. The van der Waals surface area contributed by atoms with E-state index in [9.17, 15) is 0 Å². The van der Waals surface area contributed by atoms with Gasteiger partial charge in [-0.05, 0) is 61.4 Å². The molecule has 5 aromatic rings. The summed E-state index contributed by atoms with van der Waals surface area (Å²) in [6.45, 7) is 4.21. The Hall–Kier alpha value is -3.60. The Balaban J connectivity index is 1.26. The number of rotatable bonds is 6. The maximum Gasteiger partial charge on any atom is 0.0985 e. The highest BCUT2D eigenvalue weighted by Gasteiger charge is 2.07. The van der Waals surface area contributed by atoms with Crippen LogP contribution in [0, 0.1) is 13.8 Å². The summed E-state index contributed by atoms with van der Waals surface area (Å²) in [5.41, 5.74) is 6.76. The molecule has 2 nitrogen and oxygen atoms in total. The molecule has 0 amide bonds. The second kappa shape index (κ2) is 10.1. The largest absolute Gasteiger partial charge is 0.251 e. The van der Waals surface area contributed by atoms with Crippen LogP contribution in [0.25, 0.3) is 45.4 Å². The third-order valence-electron chi connectivity index (χ3n) is 5.45. The molecule has 3 aromatic heterocycles. The van der Waals surface area contributed by atoms with Crippen molar-refractivity contribution in [2.45, 2.75) is 13.8 Å². The van der Waals surface area contributed by atoms with Crippen molar-refractivity contribution in [1.82, 2.24) is 9.97 Å². The van der Waals surface area contributed by atoms with Crippen molar-refractivity contribution in [2.24, 2.45) is 0 Å². The van der Waals surface area contributed by atoms with Crippen LogP contribution in [0.15, 0.2) is 85.2 Å². The molecule has 0 aliphatic rings. The molecule has 0 bridgehead atoms. The molecule has 0 saturated heterocycles. The van der Waals surface area contributed by atoms with Gasteiger partial charge in [0.15, 0.2) is 0 Å². The van der Waals surface area contributed by atoms with Gasteiger partial charge in [0, 0.05) is 9.75 Å². The van der Waals surface area contributed by atoms with Crippen molar-refractivity contribution in [1.29, 1.82) is 0 Å². The van der Waals surface area contributed by atoms with E-state index in [0.717, 1.165) is 21.1 Å². The van der Waals surface area contributed by atoms with Crippen LogP contribution in [0.2, 0.25) is 0 Å². The zero-order valence-electron chi connectivity index (χ0n) is 19.1. The first kappa shape index (κ1) is 22.2. The standard InChI is InChI=1S/C30H24N2S2/c1-21-3-7-23(8-4-21)11-13-25-15-17-29(33-25)27-19-32-28(20-31-27)30-18-16-26(34-30)14-12-24-9-5-22(2)6-10-24/h3-20H,1-2H3. The lowest BCUT2D eigenvalue weighted by molar-refractivity contribution is 1.22. The molecule has 0 unspecified atom stereocenters. The molecule has 4 heteroatoms. The number of hydrogen-bond acceptors (Lipinski definition) is 4. The lowest BCUT2D eigenvalue weighted by Crippen LogP contribution is -1.85. The van der Waals surface area contributed by atoms with Crippen LogP contribution in [0.5, 0.6) is 0 Å². The molecule has 166 valence electrons. The van der Waals surface area contributed by atoms with Gasteiger partial charge in [0.1, 0.15) is 0 Å². The Morgan fingerprint density at radius 2 is 0.912 bits per heavy atom. The average Bonchev–Trinajstić information content (AvgIpc) is 3.54. The molecule has 34 heavy (non-hydrogen) atoms. The van der Waals surface area contributed by atoms with Gasteiger partial charge in [0.05, 0.1) is 33.5 Å². The van der Waals surface area contributed by atoms with E-state index in [0.29, 0.717) is 0 Å². The topological polar surface area (TPSA) is 25.8 Å². The van der Waals surface area contributed by atoms with Gasteiger partial charge in [0.2, 0.25) is 0 Å². The molecule has 0 fully saturated rings. The van der Waals surface area contributed by atoms with Crippen LogP contribution in [0.1, 0.15) is 32.0 Å². The smallest absolute Gasteiger partial charge is 0.0985 e. The van der Waals surface area contributed by atoms with E-state index < -0.39 is 0 Å². The molecule has 3 heterocycles. The predicted molar refractivity (Wildman–Crippen MR) is 149 cm³/mol. The summed E-state index contributed by atoms with van der Waals surface area (Å²) in [5, 5.41) is 0. The number of benzene rings is 2. The summed E-state index contributed by atoms with van der Waals surface area (Å²) in [4.78, 5) is 14.0. The van der Waals surface area contributed by atoms with Gasteiger partial charge in [-0.1, -0.05) is 71.8 Å². The molecule has 0 spiro atoms. The van der Waals surface area contributed by atoms with Crippen LogP contribution < -0.4 is 0 Å². The van der Waals surface area contributed by atoms with Gasteiger partial charge in [-0.25, -0.2) is 0 Å². The molecule has 2 aromatic carbocycles. The fraction of sp³-hybridized carbons (Fsp3) is 0.0667. The maximum absolute atomic E-state index is 4.69. The number of hydrogen-bond donors (Lipinski definition) is 0. The van der Waals surface area contributed by atoms with Crippen LogP contribution in [0.3, 0.4) is 0 Å². The van der Waals surface area contributed by atoms with E-state index in [1.165, 1.54) is 32.0 Å². The lowest BCUT2D eigenvalue weighted by atomic mass is 10.1. The Bertz CT molecular complexity index is 1320. The summed E-state index contributed by atoms with van der Waals surface area (Å²) in [6.07, 6.45) is 12.3. The van der Waals surface area contributed by atoms with E-state index in [2.05, 4.69) is 111 Å². The first-order valence-electron chi connectivity index (χ1n) is 11.1. The van der Waals surface area contributed by atoms with E-state index in [-0.39, 0.29) is 0 Å². The van der Waals surface area contributed by atoms with Crippen molar-refractivity contribution >= 4 is 47.0 Å². The molecule has 0 aliphatic carbocycles. The SMILES string of the molecule is Cc1ccc(C=Cc2ccc(-c3cnc(-c4ccc(C=Cc5ccc(C)cc5)s4)cn3)s2)cc1. The molecule has 0 N–H and O–H groups in total. The highest BCUT2D eigenvalue weighted by Crippen LogP contribution is 2.31. The van der Waals surface area contributed by atoms with Gasteiger partial charge in [-0.3, -0.25) is 9.97 Å². The number of aromatic nitrogens is 2. The second-order valence-corrected chi connectivity index (χ2v) is 10.4. The van der Waals surface area contributed by atoms with Gasteiger partial charge in [-0.2, -0.15) is 0 Å². The molecule has 0 aliphatic heterocycles. The minimum atomic E-state index is 0.903. The maximum atomic E-state index is 4.69. The Morgan fingerprint density at radius 1 is 0.500 bits per heavy atom. The summed E-state index contributed by atoms with van der Waals surface area (Å²) in [7, 11) is 0. The van der Waals surface area contributed by atoms with E-state index in [4.69, 9.17) is 9.97 Å². The highest BCUT2D eigenvalue weighted by molar-refractivity contribution is 7.16.